The summed E-state index contributed by atoms with van der Waals surface area (Å²) in [5, 5.41) is 5.98. The summed E-state index contributed by atoms with van der Waals surface area (Å²) in [6.45, 7) is 3.04. The molecule has 1 aliphatic heterocycles. The van der Waals surface area contributed by atoms with E-state index in [9.17, 15) is 9.59 Å². The van der Waals surface area contributed by atoms with E-state index >= 15 is 0 Å². The van der Waals surface area contributed by atoms with Crippen molar-refractivity contribution in [2.24, 2.45) is 5.92 Å². The van der Waals surface area contributed by atoms with Crippen LogP contribution >= 0.6 is 22.9 Å². The maximum absolute atomic E-state index is 12.9. The molecule has 0 radical (unpaired) electrons. The van der Waals surface area contributed by atoms with Crippen LogP contribution in [0.1, 0.15) is 28.8 Å². The van der Waals surface area contributed by atoms with Crippen molar-refractivity contribution in [1.82, 2.24) is 9.88 Å². The number of methoxy groups -OCH3 is 1. The first-order valence-corrected chi connectivity index (χ1v) is 11.7. The first-order valence-electron chi connectivity index (χ1n) is 10.4. The number of nitrogens with zero attached hydrogens (tertiary/aromatic N) is 2. The van der Waals surface area contributed by atoms with E-state index in [1.54, 1.807) is 23.1 Å². The lowest BCUT2D eigenvalue weighted by Gasteiger charge is -2.31. The van der Waals surface area contributed by atoms with Crippen molar-refractivity contribution in [2.45, 2.75) is 19.8 Å². The smallest absolute Gasteiger partial charge is 0.257 e. The number of aromatic nitrogens is 1. The van der Waals surface area contributed by atoms with Crippen molar-refractivity contribution < 1.29 is 14.3 Å². The summed E-state index contributed by atoms with van der Waals surface area (Å²) in [7, 11) is 1.53. The molecular weight excluding hydrogens is 446 g/mol. The minimum Gasteiger partial charge on any atom is -0.496 e. The molecule has 0 saturated carbocycles. The highest BCUT2D eigenvalue weighted by Gasteiger charge is 2.29. The van der Waals surface area contributed by atoms with Gasteiger partial charge in [-0.25, -0.2) is 4.98 Å². The molecule has 2 amide bonds. The third-order valence-corrected chi connectivity index (χ3v) is 6.69. The van der Waals surface area contributed by atoms with E-state index in [0.29, 0.717) is 47.4 Å². The Balaban J connectivity index is 1.36. The van der Waals surface area contributed by atoms with Gasteiger partial charge in [-0.1, -0.05) is 35.9 Å². The lowest BCUT2D eigenvalue weighted by atomic mass is 9.95. The van der Waals surface area contributed by atoms with Crippen LogP contribution in [0.15, 0.2) is 47.8 Å². The highest BCUT2D eigenvalue weighted by molar-refractivity contribution is 7.14. The maximum Gasteiger partial charge on any atom is 0.257 e. The molecule has 4 rings (SSSR count). The fourth-order valence-electron chi connectivity index (χ4n) is 3.89. The molecule has 1 aliphatic rings. The second kappa shape index (κ2) is 9.71. The number of ether oxygens (including phenoxy) is 1. The summed E-state index contributed by atoms with van der Waals surface area (Å²) < 4.78 is 5.30. The Morgan fingerprint density at radius 2 is 1.94 bits per heavy atom. The molecule has 0 spiro atoms. The highest BCUT2D eigenvalue weighted by Crippen LogP contribution is 2.29. The van der Waals surface area contributed by atoms with E-state index in [1.807, 2.05) is 36.6 Å². The molecule has 0 unspecified atom stereocenters. The van der Waals surface area contributed by atoms with Gasteiger partial charge in [0.1, 0.15) is 5.75 Å². The van der Waals surface area contributed by atoms with Crippen molar-refractivity contribution >= 4 is 39.9 Å². The van der Waals surface area contributed by atoms with Crippen molar-refractivity contribution in [3.8, 4) is 17.0 Å². The Morgan fingerprint density at radius 3 is 2.66 bits per heavy atom. The molecule has 3 aromatic rings. The molecule has 166 valence electrons. The maximum atomic E-state index is 12.9. The Bertz CT molecular complexity index is 1140. The zero-order valence-electron chi connectivity index (χ0n) is 17.9. The molecule has 0 atom stereocenters. The Kier molecular flexibility index (Phi) is 6.77. The Hall–Kier alpha value is -2.90. The van der Waals surface area contributed by atoms with E-state index in [4.69, 9.17) is 16.3 Å². The topological polar surface area (TPSA) is 71.5 Å². The number of hydrogen-bond donors (Lipinski definition) is 1. The fourth-order valence-corrected chi connectivity index (χ4v) is 4.77. The van der Waals surface area contributed by atoms with Gasteiger partial charge in [0.25, 0.3) is 5.91 Å². The van der Waals surface area contributed by atoms with Crippen molar-refractivity contribution in [3.63, 3.8) is 0 Å². The number of aryl methyl sites for hydroxylation is 1. The van der Waals surface area contributed by atoms with E-state index in [0.717, 1.165) is 16.8 Å². The third kappa shape index (κ3) is 4.79. The molecule has 1 aromatic heterocycles. The molecule has 8 heteroatoms. The molecular formula is C24H24ClN3O3S. The van der Waals surface area contributed by atoms with Crippen LogP contribution in [0.25, 0.3) is 11.3 Å². The number of hydrogen-bond acceptors (Lipinski definition) is 5. The number of thiazole rings is 1. The number of halogens is 1. The number of piperidine rings is 1. The van der Waals surface area contributed by atoms with E-state index < -0.39 is 0 Å². The van der Waals surface area contributed by atoms with Crippen LogP contribution in [0, 0.1) is 12.8 Å². The van der Waals surface area contributed by atoms with Crippen LogP contribution in [-0.4, -0.2) is 41.9 Å². The minimum atomic E-state index is -0.161. The fraction of sp³-hybridized carbons (Fsp3) is 0.292. The van der Waals surface area contributed by atoms with Gasteiger partial charge < -0.3 is 15.0 Å². The summed E-state index contributed by atoms with van der Waals surface area (Å²) in [6.07, 6.45) is 1.19. The van der Waals surface area contributed by atoms with Crippen molar-refractivity contribution in [3.05, 3.63) is 64.0 Å². The summed E-state index contributed by atoms with van der Waals surface area (Å²) in [5.41, 5.74) is 3.50. The van der Waals surface area contributed by atoms with Crippen LogP contribution < -0.4 is 10.1 Å². The van der Waals surface area contributed by atoms with Crippen LogP contribution in [0.5, 0.6) is 5.75 Å². The van der Waals surface area contributed by atoms with Gasteiger partial charge in [0.15, 0.2) is 5.13 Å². The molecule has 6 nitrogen and oxygen atoms in total. The number of carbonyl (C=O) groups is 2. The molecule has 0 bridgehead atoms. The highest BCUT2D eigenvalue weighted by atomic mass is 35.5. The monoisotopic (exact) mass is 469 g/mol. The van der Waals surface area contributed by atoms with Gasteiger partial charge in [-0.05, 0) is 43.5 Å². The number of carbonyl (C=O) groups excluding carboxylic acids is 2. The number of amides is 2. The van der Waals surface area contributed by atoms with Crippen LogP contribution in [-0.2, 0) is 4.79 Å². The average molecular weight is 470 g/mol. The minimum absolute atomic E-state index is 0.0527. The first-order chi connectivity index (χ1) is 15.5. The lowest BCUT2D eigenvalue weighted by molar-refractivity contribution is -0.121. The zero-order valence-corrected chi connectivity index (χ0v) is 19.5. The number of benzene rings is 2. The van der Waals surface area contributed by atoms with Gasteiger partial charge in [0.2, 0.25) is 5.91 Å². The normalized spacial score (nSPS) is 14.3. The largest absolute Gasteiger partial charge is 0.496 e. The van der Waals surface area contributed by atoms with Gasteiger partial charge in [-0.2, -0.15) is 0 Å². The molecule has 1 fully saturated rings. The van der Waals surface area contributed by atoms with Gasteiger partial charge in [0, 0.05) is 35.0 Å². The van der Waals surface area contributed by atoms with E-state index in [1.165, 1.54) is 18.4 Å². The third-order valence-electron chi connectivity index (χ3n) is 5.70. The van der Waals surface area contributed by atoms with Gasteiger partial charge >= 0.3 is 0 Å². The SMILES string of the molecule is COc1ccc(Cl)cc1C(=O)N1CCC(C(=O)Nc2nc(-c3ccccc3C)cs2)CC1. The molecule has 1 saturated heterocycles. The van der Waals surface area contributed by atoms with Gasteiger partial charge in [-0.15, -0.1) is 11.3 Å². The molecule has 2 heterocycles. The first kappa shape index (κ1) is 22.3. The Morgan fingerprint density at radius 1 is 1.19 bits per heavy atom. The summed E-state index contributed by atoms with van der Waals surface area (Å²) in [5.74, 6) is 0.146. The molecule has 1 N–H and O–H groups in total. The summed E-state index contributed by atoms with van der Waals surface area (Å²) >= 11 is 7.48. The standard InChI is InChI=1S/C24H24ClN3O3S/c1-15-5-3-4-6-18(15)20-14-32-24(26-20)27-22(29)16-9-11-28(12-10-16)23(30)19-13-17(25)7-8-21(19)31-2/h3-8,13-14,16H,9-12H2,1-2H3,(H,26,27,29). The molecule has 0 aliphatic carbocycles. The lowest BCUT2D eigenvalue weighted by Crippen LogP contribution is -2.41. The van der Waals surface area contributed by atoms with Crippen molar-refractivity contribution in [1.29, 1.82) is 0 Å². The predicted molar refractivity (Wildman–Crippen MR) is 128 cm³/mol. The van der Waals surface area contributed by atoms with Crippen LogP contribution in [0.4, 0.5) is 5.13 Å². The number of anilines is 1. The zero-order chi connectivity index (χ0) is 22.7. The summed E-state index contributed by atoms with van der Waals surface area (Å²) in [4.78, 5) is 32.1. The van der Waals surface area contributed by atoms with E-state index in [-0.39, 0.29) is 17.7 Å². The van der Waals surface area contributed by atoms with Crippen LogP contribution in [0.3, 0.4) is 0 Å². The number of likely N-dealkylation sites (tertiary alicyclic amines) is 1. The number of rotatable bonds is 5. The predicted octanol–water partition coefficient (Wildman–Crippen LogP) is 5.27. The second-order valence-corrected chi connectivity index (χ2v) is 9.05. The Labute approximate surface area is 196 Å². The second-order valence-electron chi connectivity index (χ2n) is 7.75. The quantitative estimate of drug-likeness (QED) is 0.552. The van der Waals surface area contributed by atoms with Crippen LogP contribution in [0.2, 0.25) is 5.02 Å². The van der Waals surface area contributed by atoms with Gasteiger partial charge in [0.05, 0.1) is 18.4 Å². The number of nitrogens with one attached hydrogen (secondary N) is 1. The average Bonchev–Trinajstić information content (AvgIpc) is 3.27. The van der Waals surface area contributed by atoms with Gasteiger partial charge in [-0.3, -0.25) is 9.59 Å². The summed E-state index contributed by atoms with van der Waals surface area (Å²) in [6, 6.07) is 13.0. The van der Waals surface area contributed by atoms with Crippen molar-refractivity contribution in [2.75, 3.05) is 25.5 Å². The molecule has 32 heavy (non-hydrogen) atoms. The molecule has 2 aromatic carbocycles. The van der Waals surface area contributed by atoms with E-state index in [2.05, 4.69) is 10.3 Å².